The number of benzene rings is 2. The molecule has 0 fully saturated rings. The summed E-state index contributed by atoms with van der Waals surface area (Å²) in [7, 11) is 0. The number of hydrogen-bond donors (Lipinski definition) is 1. The summed E-state index contributed by atoms with van der Waals surface area (Å²) in [6, 6.07) is 11.2. The van der Waals surface area contributed by atoms with Gasteiger partial charge < -0.3 is 5.32 Å². The third-order valence-corrected chi connectivity index (χ3v) is 3.75. The second-order valence-electron chi connectivity index (χ2n) is 5.18. The van der Waals surface area contributed by atoms with Crippen LogP contribution < -0.4 is 5.32 Å². The number of rotatable bonds is 3. The highest BCUT2D eigenvalue weighted by atomic mass is 35.5. The lowest BCUT2D eigenvalue weighted by atomic mass is 9.94. The molecule has 0 radical (unpaired) electrons. The first kappa shape index (κ1) is 15.8. The third kappa shape index (κ3) is 3.55. The van der Waals surface area contributed by atoms with Crippen LogP contribution in [-0.2, 0) is 5.54 Å². The van der Waals surface area contributed by atoms with Crippen LogP contribution in [0.1, 0.15) is 29.8 Å². The Bertz CT molecular complexity index is 648. The molecule has 1 amide bonds. The summed E-state index contributed by atoms with van der Waals surface area (Å²) >= 11 is 11.8. The van der Waals surface area contributed by atoms with Gasteiger partial charge >= 0.3 is 0 Å². The molecule has 0 aliphatic carbocycles. The van der Waals surface area contributed by atoms with Crippen molar-refractivity contribution in [2.45, 2.75) is 19.4 Å². The molecular weight excluding hydrogens is 312 g/mol. The van der Waals surface area contributed by atoms with Crippen molar-refractivity contribution in [3.8, 4) is 0 Å². The molecular formula is C16H14Cl2FNO. The number of halogens is 3. The van der Waals surface area contributed by atoms with E-state index in [4.69, 9.17) is 23.2 Å². The summed E-state index contributed by atoms with van der Waals surface area (Å²) in [6.07, 6.45) is 0. The normalized spacial score (nSPS) is 11.3. The fraction of sp³-hybridized carbons (Fsp3) is 0.188. The van der Waals surface area contributed by atoms with E-state index in [1.807, 2.05) is 26.0 Å². The van der Waals surface area contributed by atoms with Crippen molar-refractivity contribution in [2.75, 3.05) is 0 Å². The first-order valence-corrected chi connectivity index (χ1v) is 7.09. The van der Waals surface area contributed by atoms with Gasteiger partial charge in [0.15, 0.2) is 0 Å². The number of carbonyl (C=O) groups excluding carboxylic acids is 1. The summed E-state index contributed by atoms with van der Waals surface area (Å²) in [4.78, 5) is 12.3. The topological polar surface area (TPSA) is 29.1 Å². The zero-order valence-electron chi connectivity index (χ0n) is 11.6. The highest BCUT2D eigenvalue weighted by Gasteiger charge is 2.26. The van der Waals surface area contributed by atoms with E-state index >= 15 is 0 Å². The van der Waals surface area contributed by atoms with Gasteiger partial charge in [-0.3, -0.25) is 4.79 Å². The van der Waals surface area contributed by atoms with Crippen LogP contribution in [0.15, 0.2) is 42.5 Å². The fourth-order valence-electron chi connectivity index (χ4n) is 2.00. The molecule has 0 heterocycles. The predicted molar refractivity (Wildman–Crippen MR) is 83.4 cm³/mol. The zero-order valence-corrected chi connectivity index (χ0v) is 13.1. The number of carbonyl (C=O) groups is 1. The Morgan fingerprint density at radius 2 is 1.71 bits per heavy atom. The quantitative estimate of drug-likeness (QED) is 0.863. The minimum Gasteiger partial charge on any atom is -0.343 e. The molecule has 5 heteroatoms. The van der Waals surface area contributed by atoms with Crippen molar-refractivity contribution < 1.29 is 9.18 Å². The molecule has 0 spiro atoms. The van der Waals surface area contributed by atoms with Crippen LogP contribution in [0.3, 0.4) is 0 Å². The molecule has 0 saturated heterocycles. The monoisotopic (exact) mass is 325 g/mol. The minimum atomic E-state index is -0.687. The molecule has 2 nitrogen and oxygen atoms in total. The van der Waals surface area contributed by atoms with Crippen LogP contribution >= 0.6 is 23.2 Å². The fourth-order valence-corrected chi connectivity index (χ4v) is 2.37. The maximum absolute atomic E-state index is 13.8. The molecule has 0 aliphatic rings. The lowest BCUT2D eigenvalue weighted by Crippen LogP contribution is -2.41. The number of nitrogens with one attached hydrogen (secondary N) is 1. The van der Waals surface area contributed by atoms with Gasteiger partial charge in [-0.15, -0.1) is 0 Å². The molecule has 2 aromatic carbocycles. The lowest BCUT2D eigenvalue weighted by molar-refractivity contribution is 0.0908. The minimum absolute atomic E-state index is 0.0828. The Labute approximate surface area is 132 Å². The van der Waals surface area contributed by atoms with Gasteiger partial charge in [-0.05, 0) is 43.7 Å². The molecule has 0 saturated carbocycles. The Morgan fingerprint density at radius 1 is 1.10 bits per heavy atom. The van der Waals surface area contributed by atoms with Crippen LogP contribution in [-0.4, -0.2) is 5.91 Å². The molecule has 0 aromatic heterocycles. The van der Waals surface area contributed by atoms with E-state index in [-0.39, 0.29) is 10.6 Å². The van der Waals surface area contributed by atoms with Crippen molar-refractivity contribution in [2.24, 2.45) is 0 Å². The summed E-state index contributed by atoms with van der Waals surface area (Å²) in [5.41, 5.74) is 0.0155. The molecule has 0 bridgehead atoms. The molecule has 21 heavy (non-hydrogen) atoms. The van der Waals surface area contributed by atoms with E-state index in [1.54, 1.807) is 12.1 Å². The first-order valence-electron chi connectivity index (χ1n) is 6.34. The van der Waals surface area contributed by atoms with Crippen molar-refractivity contribution in [3.05, 3.63) is 69.5 Å². The van der Waals surface area contributed by atoms with Crippen LogP contribution in [0.2, 0.25) is 10.0 Å². The second-order valence-corrected chi connectivity index (χ2v) is 6.03. The average molecular weight is 326 g/mol. The average Bonchev–Trinajstić information content (AvgIpc) is 2.38. The van der Waals surface area contributed by atoms with Crippen molar-refractivity contribution in [3.63, 3.8) is 0 Å². The largest absolute Gasteiger partial charge is 0.343 e. The standard InChI is InChI=1S/C16H14Cl2FNO/c1-16(2,10-6-8-11(17)9-7-10)20-15(21)14-12(18)4-3-5-13(14)19/h3-9H,1-2H3,(H,20,21). The van der Waals surface area contributed by atoms with Gasteiger partial charge in [0.05, 0.1) is 16.1 Å². The van der Waals surface area contributed by atoms with E-state index in [9.17, 15) is 9.18 Å². The van der Waals surface area contributed by atoms with E-state index in [0.29, 0.717) is 5.02 Å². The summed E-state index contributed by atoms with van der Waals surface area (Å²) < 4.78 is 13.8. The highest BCUT2D eigenvalue weighted by molar-refractivity contribution is 6.33. The molecule has 1 N–H and O–H groups in total. The van der Waals surface area contributed by atoms with Gasteiger partial charge in [0.25, 0.3) is 5.91 Å². The first-order chi connectivity index (χ1) is 9.81. The van der Waals surface area contributed by atoms with E-state index in [0.717, 1.165) is 5.56 Å². The summed E-state index contributed by atoms with van der Waals surface area (Å²) in [5, 5.41) is 3.48. The molecule has 2 aromatic rings. The smallest absolute Gasteiger partial charge is 0.256 e. The maximum Gasteiger partial charge on any atom is 0.256 e. The van der Waals surface area contributed by atoms with E-state index in [2.05, 4.69) is 5.32 Å². The maximum atomic E-state index is 13.8. The van der Waals surface area contributed by atoms with Crippen molar-refractivity contribution in [1.82, 2.24) is 5.32 Å². The molecule has 2 rings (SSSR count). The number of amides is 1. The van der Waals surface area contributed by atoms with Gasteiger partial charge in [-0.2, -0.15) is 0 Å². The SMILES string of the molecule is CC(C)(NC(=O)c1c(F)cccc1Cl)c1ccc(Cl)cc1. The van der Waals surface area contributed by atoms with Gasteiger partial charge in [-0.25, -0.2) is 4.39 Å². The summed E-state index contributed by atoms with van der Waals surface area (Å²) in [6.45, 7) is 3.64. The Kier molecular flexibility index (Phi) is 4.55. The zero-order chi connectivity index (χ0) is 15.6. The van der Waals surface area contributed by atoms with E-state index < -0.39 is 17.3 Å². The predicted octanol–water partition coefficient (Wildman–Crippen LogP) is 4.80. The van der Waals surface area contributed by atoms with Gasteiger partial charge in [-0.1, -0.05) is 41.4 Å². The van der Waals surface area contributed by atoms with Crippen molar-refractivity contribution >= 4 is 29.1 Å². The van der Waals surface area contributed by atoms with Crippen LogP contribution in [0.5, 0.6) is 0 Å². The van der Waals surface area contributed by atoms with Gasteiger partial charge in [0, 0.05) is 5.02 Å². The molecule has 0 atom stereocenters. The van der Waals surface area contributed by atoms with Gasteiger partial charge in [0.1, 0.15) is 5.82 Å². The van der Waals surface area contributed by atoms with E-state index in [1.165, 1.54) is 18.2 Å². The Balaban J connectivity index is 2.28. The van der Waals surface area contributed by atoms with Gasteiger partial charge in [0.2, 0.25) is 0 Å². The Morgan fingerprint density at radius 3 is 2.29 bits per heavy atom. The molecule has 110 valence electrons. The second kappa shape index (κ2) is 6.04. The van der Waals surface area contributed by atoms with Crippen LogP contribution in [0.4, 0.5) is 4.39 Å². The Hall–Kier alpha value is -1.58. The third-order valence-electron chi connectivity index (χ3n) is 3.18. The van der Waals surface area contributed by atoms with Crippen LogP contribution in [0.25, 0.3) is 0 Å². The van der Waals surface area contributed by atoms with Crippen molar-refractivity contribution in [1.29, 1.82) is 0 Å². The molecule has 0 unspecified atom stereocenters. The summed E-state index contributed by atoms with van der Waals surface area (Å²) in [5.74, 6) is -1.20. The molecule has 0 aliphatic heterocycles. The number of hydrogen-bond acceptors (Lipinski definition) is 1. The lowest BCUT2D eigenvalue weighted by Gasteiger charge is -2.27. The highest BCUT2D eigenvalue weighted by Crippen LogP contribution is 2.24. The van der Waals surface area contributed by atoms with Crippen LogP contribution in [0, 0.1) is 5.82 Å².